The number of nitrogens with zero attached hydrogens (tertiary/aromatic N) is 2. The van der Waals surface area contributed by atoms with Gasteiger partial charge in [-0.15, -0.1) is 0 Å². The molecule has 3 N–H and O–H groups in total. The third-order valence-electron chi connectivity index (χ3n) is 6.03. The van der Waals surface area contributed by atoms with Crippen LogP contribution in [-0.2, 0) is 4.74 Å². The summed E-state index contributed by atoms with van der Waals surface area (Å²) in [6, 6.07) is 8.24. The summed E-state index contributed by atoms with van der Waals surface area (Å²) in [5.41, 5.74) is 7.48. The van der Waals surface area contributed by atoms with E-state index < -0.39 is 5.60 Å². The highest BCUT2D eigenvalue weighted by Crippen LogP contribution is 2.26. The number of amides is 1. The third-order valence-corrected chi connectivity index (χ3v) is 6.03. The molecule has 0 spiro atoms. The van der Waals surface area contributed by atoms with Crippen LogP contribution in [0.4, 0.5) is 16.2 Å². The Morgan fingerprint density at radius 3 is 2.21 bits per heavy atom. The second-order valence-electron chi connectivity index (χ2n) is 9.65. The molecule has 0 radical (unpaired) electrons. The molecule has 0 atom stereocenters. The van der Waals surface area contributed by atoms with Gasteiger partial charge in [0.15, 0.2) is 0 Å². The minimum absolute atomic E-state index is 0.298. The van der Waals surface area contributed by atoms with Crippen molar-refractivity contribution in [1.82, 2.24) is 10.2 Å². The Kier molecular flexibility index (Phi) is 7.28. The summed E-state index contributed by atoms with van der Waals surface area (Å²) in [5.74, 6) is 1.35. The highest BCUT2D eigenvalue weighted by atomic mass is 16.6. The van der Waals surface area contributed by atoms with Gasteiger partial charge in [-0.2, -0.15) is 0 Å². The van der Waals surface area contributed by atoms with Gasteiger partial charge in [-0.05, 0) is 95.6 Å². The lowest BCUT2D eigenvalue weighted by atomic mass is 9.92. The van der Waals surface area contributed by atoms with Crippen molar-refractivity contribution in [1.29, 1.82) is 0 Å². The Morgan fingerprint density at radius 2 is 1.62 bits per heavy atom. The van der Waals surface area contributed by atoms with Crippen LogP contribution in [0.5, 0.6) is 0 Å². The van der Waals surface area contributed by atoms with Gasteiger partial charge >= 0.3 is 6.09 Å². The van der Waals surface area contributed by atoms with E-state index >= 15 is 0 Å². The van der Waals surface area contributed by atoms with Crippen molar-refractivity contribution in [2.75, 3.05) is 49.9 Å². The molecule has 0 aromatic heterocycles. The summed E-state index contributed by atoms with van der Waals surface area (Å²) in [7, 11) is 0. The normalized spacial score (nSPS) is 19.9. The smallest absolute Gasteiger partial charge is 0.407 e. The molecule has 1 aromatic carbocycles. The number of anilines is 2. The highest BCUT2D eigenvalue weighted by Gasteiger charge is 2.25. The van der Waals surface area contributed by atoms with E-state index in [1.54, 1.807) is 0 Å². The monoisotopic (exact) mass is 402 g/mol. The van der Waals surface area contributed by atoms with Crippen molar-refractivity contribution in [3.63, 3.8) is 0 Å². The number of ether oxygens (including phenoxy) is 1. The predicted octanol–water partition coefficient (Wildman–Crippen LogP) is 3.72. The molecule has 2 heterocycles. The molecule has 2 aliphatic rings. The summed E-state index contributed by atoms with van der Waals surface area (Å²) in [6.45, 7) is 12.2. The van der Waals surface area contributed by atoms with Gasteiger partial charge in [0.2, 0.25) is 0 Å². The van der Waals surface area contributed by atoms with E-state index in [1.165, 1.54) is 25.1 Å². The van der Waals surface area contributed by atoms with Gasteiger partial charge < -0.3 is 25.6 Å². The van der Waals surface area contributed by atoms with Gasteiger partial charge in [-0.25, -0.2) is 4.79 Å². The SMILES string of the molecule is CC(C)(C)OC(=O)NCC1CCN(CC2CCN(c3ccc(N)cc3)CC2)CC1. The van der Waals surface area contributed by atoms with Gasteiger partial charge in [0, 0.05) is 37.6 Å². The molecule has 3 rings (SSSR count). The van der Waals surface area contributed by atoms with Crippen molar-refractivity contribution in [2.45, 2.75) is 52.1 Å². The molecule has 2 aliphatic heterocycles. The first-order valence-corrected chi connectivity index (χ1v) is 11.1. The van der Waals surface area contributed by atoms with Crippen molar-refractivity contribution in [2.24, 2.45) is 11.8 Å². The summed E-state index contributed by atoms with van der Waals surface area (Å²) >= 11 is 0. The number of hydrogen-bond acceptors (Lipinski definition) is 5. The van der Waals surface area contributed by atoms with Crippen LogP contribution >= 0.6 is 0 Å². The molecule has 0 bridgehead atoms. The molecule has 1 aromatic rings. The number of likely N-dealkylation sites (tertiary alicyclic amines) is 1. The highest BCUT2D eigenvalue weighted by molar-refractivity contribution is 5.67. The lowest BCUT2D eigenvalue weighted by Crippen LogP contribution is -2.43. The first kappa shape index (κ1) is 21.8. The lowest BCUT2D eigenvalue weighted by molar-refractivity contribution is 0.0508. The Bertz CT molecular complexity index is 640. The van der Waals surface area contributed by atoms with Crippen LogP contribution in [0.3, 0.4) is 0 Å². The van der Waals surface area contributed by atoms with Crippen LogP contribution in [0, 0.1) is 11.8 Å². The number of nitrogens with one attached hydrogen (secondary N) is 1. The van der Waals surface area contributed by atoms with E-state index in [2.05, 4.69) is 27.2 Å². The summed E-state index contributed by atoms with van der Waals surface area (Å²) in [6.07, 6.45) is 4.52. The van der Waals surface area contributed by atoms with Gasteiger partial charge in [0.05, 0.1) is 0 Å². The Balaban J connectivity index is 1.32. The van der Waals surface area contributed by atoms with E-state index in [0.29, 0.717) is 5.92 Å². The molecule has 2 fully saturated rings. The number of alkyl carbamates (subject to hydrolysis) is 1. The number of nitrogen functional groups attached to an aromatic ring is 1. The Labute approximate surface area is 175 Å². The number of carbonyl (C=O) groups excluding carboxylic acids is 1. The first-order chi connectivity index (χ1) is 13.8. The maximum Gasteiger partial charge on any atom is 0.407 e. The summed E-state index contributed by atoms with van der Waals surface area (Å²) < 4.78 is 5.33. The van der Waals surface area contributed by atoms with Crippen LogP contribution in [0.2, 0.25) is 0 Å². The molecule has 6 heteroatoms. The molecule has 2 saturated heterocycles. The molecular formula is C23H38N4O2. The van der Waals surface area contributed by atoms with Crippen molar-refractivity contribution in [3.05, 3.63) is 24.3 Å². The standard InChI is InChI=1S/C23H38N4O2/c1-23(2,3)29-22(28)25-16-18-8-12-26(13-9-18)17-19-10-14-27(15-11-19)21-6-4-20(24)5-7-21/h4-7,18-19H,8-17,24H2,1-3H3,(H,25,28). The second kappa shape index (κ2) is 9.70. The number of carbonyl (C=O) groups is 1. The maximum absolute atomic E-state index is 11.8. The largest absolute Gasteiger partial charge is 0.444 e. The van der Waals surface area contributed by atoms with E-state index in [-0.39, 0.29) is 6.09 Å². The van der Waals surface area contributed by atoms with E-state index in [0.717, 1.165) is 57.2 Å². The fourth-order valence-corrected chi connectivity index (χ4v) is 4.34. The zero-order valence-corrected chi connectivity index (χ0v) is 18.3. The van der Waals surface area contributed by atoms with Gasteiger partial charge in [-0.1, -0.05) is 0 Å². The minimum Gasteiger partial charge on any atom is -0.444 e. The van der Waals surface area contributed by atoms with Gasteiger partial charge in [0.25, 0.3) is 0 Å². The van der Waals surface area contributed by atoms with Crippen LogP contribution in [0.15, 0.2) is 24.3 Å². The van der Waals surface area contributed by atoms with Crippen molar-refractivity contribution in [3.8, 4) is 0 Å². The fourth-order valence-electron chi connectivity index (χ4n) is 4.34. The Hall–Kier alpha value is -1.95. The zero-order valence-electron chi connectivity index (χ0n) is 18.3. The average Bonchev–Trinajstić information content (AvgIpc) is 2.67. The number of piperidine rings is 2. The molecule has 6 nitrogen and oxygen atoms in total. The molecule has 0 aliphatic carbocycles. The topological polar surface area (TPSA) is 70.8 Å². The lowest BCUT2D eigenvalue weighted by Gasteiger charge is -2.38. The molecule has 162 valence electrons. The molecule has 1 amide bonds. The van der Waals surface area contributed by atoms with Crippen molar-refractivity contribution >= 4 is 17.5 Å². The van der Waals surface area contributed by atoms with E-state index in [4.69, 9.17) is 10.5 Å². The number of rotatable bonds is 5. The van der Waals surface area contributed by atoms with Crippen LogP contribution < -0.4 is 16.0 Å². The first-order valence-electron chi connectivity index (χ1n) is 11.1. The van der Waals surface area contributed by atoms with Crippen molar-refractivity contribution < 1.29 is 9.53 Å². The minimum atomic E-state index is -0.434. The quantitative estimate of drug-likeness (QED) is 0.735. The molecule has 29 heavy (non-hydrogen) atoms. The Morgan fingerprint density at radius 1 is 1.03 bits per heavy atom. The van der Waals surface area contributed by atoms with Crippen LogP contribution in [0.25, 0.3) is 0 Å². The predicted molar refractivity (Wildman–Crippen MR) is 119 cm³/mol. The summed E-state index contributed by atoms with van der Waals surface area (Å²) in [5, 5.41) is 2.94. The van der Waals surface area contributed by atoms with Gasteiger partial charge in [0.1, 0.15) is 5.60 Å². The van der Waals surface area contributed by atoms with E-state index in [9.17, 15) is 4.79 Å². The average molecular weight is 403 g/mol. The van der Waals surface area contributed by atoms with Gasteiger partial charge in [-0.3, -0.25) is 0 Å². The zero-order chi connectivity index (χ0) is 20.9. The molecule has 0 unspecified atom stereocenters. The third kappa shape index (κ3) is 7.11. The van der Waals surface area contributed by atoms with Crippen LogP contribution in [-0.4, -0.2) is 55.9 Å². The molecule has 0 saturated carbocycles. The molecular weight excluding hydrogens is 364 g/mol. The van der Waals surface area contributed by atoms with E-state index in [1.807, 2.05) is 32.9 Å². The number of nitrogens with two attached hydrogens (primary N) is 1. The van der Waals surface area contributed by atoms with Crippen LogP contribution in [0.1, 0.15) is 46.5 Å². The maximum atomic E-state index is 11.8. The number of hydrogen-bond donors (Lipinski definition) is 2. The summed E-state index contributed by atoms with van der Waals surface area (Å²) in [4.78, 5) is 16.9. The fraction of sp³-hybridized carbons (Fsp3) is 0.696. The second-order valence-corrected chi connectivity index (χ2v) is 9.65. The number of benzene rings is 1.